The summed E-state index contributed by atoms with van der Waals surface area (Å²) in [5.74, 6) is -0.515. The number of thiazole rings is 1. The van der Waals surface area contributed by atoms with Crippen LogP contribution in [0.5, 0.6) is 0 Å². The predicted octanol–water partition coefficient (Wildman–Crippen LogP) is 5.20. The van der Waals surface area contributed by atoms with Crippen LogP contribution in [-0.2, 0) is 27.5 Å². The Balaban J connectivity index is 1.58. The zero-order chi connectivity index (χ0) is 25.4. The van der Waals surface area contributed by atoms with Crippen molar-refractivity contribution < 1.29 is 22.7 Å². The third-order valence-corrected chi connectivity index (χ3v) is 9.19. The number of nitrogens with one attached hydrogen (secondary N) is 1. The lowest BCUT2D eigenvalue weighted by atomic mass is 10.0. The molecular weight excluding hydrogens is 518 g/mol. The first kappa shape index (κ1) is 24.4. The molecule has 8 nitrogen and oxygen atoms in total. The van der Waals surface area contributed by atoms with Gasteiger partial charge in [0.15, 0.2) is 9.84 Å². The number of thiophene rings is 1. The lowest BCUT2D eigenvalue weighted by Crippen LogP contribution is -2.35. The third-order valence-electron chi connectivity index (χ3n) is 5.85. The highest BCUT2D eigenvalue weighted by atomic mass is 32.2. The number of ether oxygens (including phenoxy) is 1. The SMILES string of the molecule is CCOC(=O)N1CCc2c(sc(NC(=O)c3ccccc3S(C)(=O)=O)c2-c2nc3ccccc3s2)C1. The van der Waals surface area contributed by atoms with Gasteiger partial charge in [0.05, 0.1) is 33.8 Å². The molecule has 1 N–H and O–H groups in total. The van der Waals surface area contributed by atoms with Crippen molar-refractivity contribution >= 4 is 59.7 Å². The van der Waals surface area contributed by atoms with Crippen molar-refractivity contribution in [2.75, 3.05) is 24.7 Å². The molecule has 186 valence electrons. The van der Waals surface area contributed by atoms with E-state index in [4.69, 9.17) is 9.72 Å². The molecule has 4 aromatic rings. The van der Waals surface area contributed by atoms with Crippen molar-refractivity contribution in [2.45, 2.75) is 24.8 Å². The minimum Gasteiger partial charge on any atom is -0.450 e. The fourth-order valence-electron chi connectivity index (χ4n) is 4.22. The number of rotatable bonds is 5. The zero-order valence-corrected chi connectivity index (χ0v) is 22.1. The van der Waals surface area contributed by atoms with E-state index in [0.29, 0.717) is 31.1 Å². The Hall–Kier alpha value is -3.28. The minimum atomic E-state index is -3.60. The molecule has 0 fully saturated rings. The van der Waals surface area contributed by atoms with Crippen molar-refractivity contribution in [3.63, 3.8) is 0 Å². The maximum absolute atomic E-state index is 13.3. The molecule has 0 radical (unpaired) electrons. The van der Waals surface area contributed by atoms with Crippen molar-refractivity contribution in [3.05, 3.63) is 64.5 Å². The molecule has 2 aromatic heterocycles. The molecule has 0 spiro atoms. The zero-order valence-electron chi connectivity index (χ0n) is 19.6. The number of benzene rings is 2. The number of carbonyl (C=O) groups excluding carboxylic acids is 2. The molecule has 0 aliphatic carbocycles. The number of fused-ring (bicyclic) bond motifs is 2. The largest absolute Gasteiger partial charge is 0.450 e. The number of nitrogens with zero attached hydrogens (tertiary/aromatic N) is 2. The number of sulfone groups is 1. The normalized spacial score (nSPS) is 13.4. The van der Waals surface area contributed by atoms with Gasteiger partial charge in [0, 0.05) is 23.2 Å². The summed E-state index contributed by atoms with van der Waals surface area (Å²) in [5.41, 5.74) is 2.80. The van der Waals surface area contributed by atoms with E-state index >= 15 is 0 Å². The van der Waals surface area contributed by atoms with Crippen LogP contribution in [0.1, 0.15) is 27.7 Å². The standard InChI is InChI=1S/C25H23N3O5S3/c1-3-33-25(30)28-13-12-15-19(14-28)35-24(21(15)23-26-17-9-5-6-10-18(17)34-23)27-22(29)16-8-4-7-11-20(16)36(2,31)32/h4-11H,3,12-14H2,1-2H3,(H,27,29). The molecule has 0 saturated heterocycles. The van der Waals surface area contributed by atoms with E-state index in [1.807, 2.05) is 24.3 Å². The first-order valence-electron chi connectivity index (χ1n) is 11.3. The van der Waals surface area contributed by atoms with E-state index in [1.54, 1.807) is 24.0 Å². The maximum atomic E-state index is 13.3. The van der Waals surface area contributed by atoms with Gasteiger partial charge in [-0.05, 0) is 43.2 Å². The van der Waals surface area contributed by atoms with Gasteiger partial charge in [-0.15, -0.1) is 22.7 Å². The van der Waals surface area contributed by atoms with Gasteiger partial charge >= 0.3 is 6.09 Å². The molecule has 0 atom stereocenters. The van der Waals surface area contributed by atoms with Crippen LogP contribution < -0.4 is 5.32 Å². The Morgan fingerprint density at radius 2 is 1.86 bits per heavy atom. The molecule has 36 heavy (non-hydrogen) atoms. The number of hydrogen-bond acceptors (Lipinski definition) is 8. The van der Waals surface area contributed by atoms with Crippen molar-refractivity contribution in [3.8, 4) is 10.6 Å². The molecule has 11 heteroatoms. The van der Waals surface area contributed by atoms with Crippen molar-refractivity contribution in [1.29, 1.82) is 0 Å². The van der Waals surface area contributed by atoms with Gasteiger partial charge in [0.2, 0.25) is 0 Å². The minimum absolute atomic E-state index is 0.0288. The van der Waals surface area contributed by atoms with Crippen LogP contribution in [0, 0.1) is 0 Å². The van der Waals surface area contributed by atoms with E-state index in [2.05, 4.69) is 5.32 Å². The van der Waals surface area contributed by atoms with E-state index in [9.17, 15) is 18.0 Å². The second kappa shape index (κ2) is 9.64. The van der Waals surface area contributed by atoms with E-state index in [1.165, 1.54) is 34.8 Å². The van der Waals surface area contributed by atoms with Gasteiger partial charge in [-0.25, -0.2) is 18.2 Å². The summed E-state index contributed by atoms with van der Waals surface area (Å²) < 4.78 is 30.8. The molecule has 0 saturated carbocycles. The molecule has 2 aromatic carbocycles. The summed E-state index contributed by atoms with van der Waals surface area (Å²) in [4.78, 5) is 33.1. The number of carbonyl (C=O) groups is 2. The lowest BCUT2D eigenvalue weighted by Gasteiger charge is -2.26. The van der Waals surface area contributed by atoms with E-state index in [-0.39, 0.29) is 16.6 Å². The van der Waals surface area contributed by atoms with Crippen LogP contribution in [0.15, 0.2) is 53.4 Å². The van der Waals surface area contributed by atoms with Gasteiger partial charge < -0.3 is 15.0 Å². The number of amides is 2. The van der Waals surface area contributed by atoms with Crippen LogP contribution in [0.2, 0.25) is 0 Å². The molecule has 0 unspecified atom stereocenters. The van der Waals surface area contributed by atoms with Crippen LogP contribution in [-0.4, -0.2) is 49.7 Å². The third kappa shape index (κ3) is 4.61. The summed E-state index contributed by atoms with van der Waals surface area (Å²) in [6, 6.07) is 14.0. The van der Waals surface area contributed by atoms with E-state index in [0.717, 1.165) is 37.5 Å². The second-order valence-corrected chi connectivity index (χ2v) is 12.4. The van der Waals surface area contributed by atoms with E-state index < -0.39 is 15.7 Å². The average Bonchev–Trinajstić information content (AvgIpc) is 3.43. The maximum Gasteiger partial charge on any atom is 0.410 e. The highest BCUT2D eigenvalue weighted by Crippen LogP contribution is 2.46. The van der Waals surface area contributed by atoms with Crippen molar-refractivity contribution in [2.24, 2.45) is 0 Å². The Kier molecular flexibility index (Phi) is 6.54. The number of para-hydroxylation sites is 1. The summed E-state index contributed by atoms with van der Waals surface area (Å²) in [6.07, 6.45) is 1.30. The Labute approximate surface area is 216 Å². The van der Waals surface area contributed by atoms with Gasteiger partial charge in [0.25, 0.3) is 5.91 Å². The quantitative estimate of drug-likeness (QED) is 0.373. The number of anilines is 1. The van der Waals surface area contributed by atoms with Gasteiger partial charge in [-0.3, -0.25) is 4.79 Å². The Morgan fingerprint density at radius 3 is 2.61 bits per heavy atom. The van der Waals surface area contributed by atoms with Crippen LogP contribution in [0.4, 0.5) is 9.80 Å². The number of aromatic nitrogens is 1. The molecule has 2 amide bonds. The van der Waals surface area contributed by atoms with Crippen LogP contribution in [0.3, 0.4) is 0 Å². The van der Waals surface area contributed by atoms with Gasteiger partial charge in [-0.1, -0.05) is 24.3 Å². The van der Waals surface area contributed by atoms with Gasteiger partial charge in [-0.2, -0.15) is 0 Å². The molecule has 0 bridgehead atoms. The van der Waals surface area contributed by atoms with Crippen LogP contribution >= 0.6 is 22.7 Å². The fourth-order valence-corrected chi connectivity index (χ4v) is 7.47. The Bertz CT molecular complexity index is 1560. The summed E-state index contributed by atoms with van der Waals surface area (Å²) in [7, 11) is -3.60. The lowest BCUT2D eigenvalue weighted by molar-refractivity contribution is 0.102. The predicted molar refractivity (Wildman–Crippen MR) is 142 cm³/mol. The first-order valence-corrected chi connectivity index (χ1v) is 14.8. The molecule has 3 heterocycles. The summed E-state index contributed by atoms with van der Waals surface area (Å²) >= 11 is 2.91. The number of hydrogen-bond donors (Lipinski definition) is 1. The smallest absolute Gasteiger partial charge is 0.410 e. The topological polar surface area (TPSA) is 106 Å². The fraction of sp³-hybridized carbons (Fsp3) is 0.240. The summed E-state index contributed by atoms with van der Waals surface area (Å²) in [6.45, 7) is 2.92. The first-order chi connectivity index (χ1) is 17.3. The molecular formula is C25H23N3O5S3. The van der Waals surface area contributed by atoms with Gasteiger partial charge in [0.1, 0.15) is 10.0 Å². The Morgan fingerprint density at radius 1 is 1.11 bits per heavy atom. The highest BCUT2D eigenvalue weighted by Gasteiger charge is 2.30. The summed E-state index contributed by atoms with van der Waals surface area (Å²) in [5, 5.41) is 4.31. The molecule has 5 rings (SSSR count). The molecule has 1 aliphatic heterocycles. The van der Waals surface area contributed by atoms with Crippen LogP contribution in [0.25, 0.3) is 20.8 Å². The second-order valence-electron chi connectivity index (χ2n) is 8.29. The monoisotopic (exact) mass is 541 g/mol. The molecule has 1 aliphatic rings. The average molecular weight is 542 g/mol. The van der Waals surface area contributed by atoms with Crippen molar-refractivity contribution in [1.82, 2.24) is 9.88 Å². The highest BCUT2D eigenvalue weighted by molar-refractivity contribution is 7.90.